The van der Waals surface area contributed by atoms with Crippen molar-refractivity contribution in [3.63, 3.8) is 0 Å². The van der Waals surface area contributed by atoms with E-state index in [1.54, 1.807) is 0 Å². The normalized spacial score (nSPS) is 10.8. The monoisotopic (exact) mass is 165 g/mol. The molecular formula is C7H16ClNO. The van der Waals surface area contributed by atoms with Gasteiger partial charge in [0.25, 0.3) is 0 Å². The molecular weight excluding hydrogens is 150 g/mol. The molecule has 0 saturated carbocycles. The zero-order valence-corrected chi connectivity index (χ0v) is 7.27. The number of nitrogens with zero attached hydrogens (tertiary/aromatic N) is 1. The summed E-state index contributed by atoms with van der Waals surface area (Å²) in [6.45, 7) is 5.28. The minimum atomic E-state index is 0.277. The third kappa shape index (κ3) is 5.03. The Morgan fingerprint density at radius 3 is 2.50 bits per heavy atom. The molecule has 0 radical (unpaired) electrons. The van der Waals surface area contributed by atoms with Crippen molar-refractivity contribution in [2.75, 3.05) is 32.1 Å². The standard InChI is InChI=1S/C7H16ClNO/c1-2-9(6-4-8)5-3-7-10/h10H,2-7H2,1H3. The van der Waals surface area contributed by atoms with Gasteiger partial charge in [-0.1, -0.05) is 6.92 Å². The van der Waals surface area contributed by atoms with Gasteiger partial charge in [0.1, 0.15) is 0 Å². The Bertz CT molecular complexity index is 70.6. The van der Waals surface area contributed by atoms with E-state index in [1.807, 2.05) is 0 Å². The summed E-state index contributed by atoms with van der Waals surface area (Å²) in [5.74, 6) is 0.680. The van der Waals surface area contributed by atoms with Crippen molar-refractivity contribution in [2.24, 2.45) is 0 Å². The molecule has 0 aromatic carbocycles. The lowest BCUT2D eigenvalue weighted by Crippen LogP contribution is -2.27. The number of alkyl halides is 1. The fourth-order valence-electron chi connectivity index (χ4n) is 0.842. The van der Waals surface area contributed by atoms with Crippen molar-refractivity contribution in [1.82, 2.24) is 4.90 Å². The van der Waals surface area contributed by atoms with Crippen molar-refractivity contribution in [1.29, 1.82) is 0 Å². The lowest BCUT2D eigenvalue weighted by Gasteiger charge is -2.17. The third-order valence-electron chi connectivity index (χ3n) is 1.48. The van der Waals surface area contributed by atoms with Crippen LogP contribution in [0.25, 0.3) is 0 Å². The van der Waals surface area contributed by atoms with E-state index in [0.29, 0.717) is 5.88 Å². The molecule has 0 fully saturated rings. The summed E-state index contributed by atoms with van der Waals surface area (Å²) < 4.78 is 0. The minimum absolute atomic E-state index is 0.277. The highest BCUT2D eigenvalue weighted by molar-refractivity contribution is 6.18. The van der Waals surface area contributed by atoms with Gasteiger partial charge in [0, 0.05) is 25.6 Å². The second-order valence-electron chi connectivity index (χ2n) is 2.20. The van der Waals surface area contributed by atoms with Crippen molar-refractivity contribution in [3.8, 4) is 0 Å². The molecule has 62 valence electrons. The largest absolute Gasteiger partial charge is 0.396 e. The molecule has 0 rings (SSSR count). The summed E-state index contributed by atoms with van der Waals surface area (Å²) in [5, 5.41) is 8.52. The first-order valence-corrected chi connectivity index (χ1v) is 4.27. The van der Waals surface area contributed by atoms with Crippen LogP contribution in [-0.4, -0.2) is 42.1 Å². The molecule has 0 bridgehead atoms. The van der Waals surface area contributed by atoms with Crippen LogP contribution in [0.15, 0.2) is 0 Å². The Morgan fingerprint density at radius 1 is 1.40 bits per heavy atom. The second kappa shape index (κ2) is 7.32. The Kier molecular flexibility index (Phi) is 7.47. The number of hydrogen-bond donors (Lipinski definition) is 1. The lowest BCUT2D eigenvalue weighted by molar-refractivity contribution is 0.237. The first-order chi connectivity index (χ1) is 4.85. The van der Waals surface area contributed by atoms with Gasteiger partial charge in [-0.25, -0.2) is 0 Å². The SMILES string of the molecule is CCN(CCCl)CCCO. The van der Waals surface area contributed by atoms with E-state index in [9.17, 15) is 0 Å². The Labute approximate surface area is 67.8 Å². The van der Waals surface area contributed by atoms with Crippen molar-refractivity contribution in [3.05, 3.63) is 0 Å². The van der Waals surface area contributed by atoms with Crippen molar-refractivity contribution in [2.45, 2.75) is 13.3 Å². The molecule has 0 aliphatic carbocycles. The quantitative estimate of drug-likeness (QED) is 0.592. The number of hydrogen-bond acceptors (Lipinski definition) is 2. The molecule has 0 aromatic heterocycles. The van der Waals surface area contributed by atoms with Crippen LogP contribution in [0.1, 0.15) is 13.3 Å². The predicted molar refractivity (Wildman–Crippen MR) is 44.5 cm³/mol. The molecule has 10 heavy (non-hydrogen) atoms. The van der Waals surface area contributed by atoms with E-state index in [0.717, 1.165) is 26.1 Å². The second-order valence-corrected chi connectivity index (χ2v) is 2.58. The molecule has 0 aliphatic heterocycles. The summed E-state index contributed by atoms with van der Waals surface area (Å²) in [7, 11) is 0. The zero-order valence-electron chi connectivity index (χ0n) is 6.52. The van der Waals surface area contributed by atoms with Crippen LogP contribution in [0, 0.1) is 0 Å². The first kappa shape index (κ1) is 10.2. The van der Waals surface area contributed by atoms with Gasteiger partial charge < -0.3 is 10.0 Å². The lowest BCUT2D eigenvalue weighted by atomic mass is 10.4. The topological polar surface area (TPSA) is 23.5 Å². The summed E-state index contributed by atoms with van der Waals surface area (Å²) in [5.41, 5.74) is 0. The van der Waals surface area contributed by atoms with E-state index in [2.05, 4.69) is 11.8 Å². The van der Waals surface area contributed by atoms with E-state index >= 15 is 0 Å². The molecule has 0 saturated heterocycles. The Morgan fingerprint density at radius 2 is 2.10 bits per heavy atom. The minimum Gasteiger partial charge on any atom is -0.396 e. The van der Waals surface area contributed by atoms with Gasteiger partial charge >= 0.3 is 0 Å². The summed E-state index contributed by atoms with van der Waals surface area (Å²) in [6, 6.07) is 0. The van der Waals surface area contributed by atoms with Crippen LogP contribution < -0.4 is 0 Å². The molecule has 2 nitrogen and oxygen atoms in total. The van der Waals surface area contributed by atoms with Gasteiger partial charge in [0.2, 0.25) is 0 Å². The third-order valence-corrected chi connectivity index (χ3v) is 1.65. The van der Waals surface area contributed by atoms with Gasteiger partial charge in [-0.2, -0.15) is 0 Å². The summed E-state index contributed by atoms with van der Waals surface area (Å²) in [6.07, 6.45) is 0.852. The maximum atomic E-state index is 8.52. The van der Waals surface area contributed by atoms with Crippen molar-refractivity contribution < 1.29 is 5.11 Å². The van der Waals surface area contributed by atoms with Gasteiger partial charge in [-0.05, 0) is 13.0 Å². The molecule has 3 heteroatoms. The van der Waals surface area contributed by atoms with Gasteiger partial charge in [-0.15, -0.1) is 11.6 Å². The van der Waals surface area contributed by atoms with E-state index in [1.165, 1.54) is 0 Å². The summed E-state index contributed by atoms with van der Waals surface area (Å²) in [4.78, 5) is 2.23. The first-order valence-electron chi connectivity index (χ1n) is 3.74. The zero-order chi connectivity index (χ0) is 7.82. The molecule has 0 aliphatic rings. The summed E-state index contributed by atoms with van der Waals surface area (Å²) >= 11 is 5.55. The molecule has 0 spiro atoms. The van der Waals surface area contributed by atoms with E-state index in [4.69, 9.17) is 16.7 Å². The van der Waals surface area contributed by atoms with E-state index in [-0.39, 0.29) is 6.61 Å². The number of aliphatic hydroxyl groups excluding tert-OH is 1. The van der Waals surface area contributed by atoms with Crippen LogP contribution in [0.4, 0.5) is 0 Å². The average Bonchev–Trinajstić information content (AvgIpc) is 1.98. The number of halogens is 1. The van der Waals surface area contributed by atoms with Crippen LogP contribution in [-0.2, 0) is 0 Å². The highest BCUT2D eigenvalue weighted by atomic mass is 35.5. The maximum Gasteiger partial charge on any atom is 0.0443 e. The number of aliphatic hydroxyl groups is 1. The van der Waals surface area contributed by atoms with E-state index < -0.39 is 0 Å². The molecule has 0 unspecified atom stereocenters. The molecule has 0 amide bonds. The fraction of sp³-hybridized carbons (Fsp3) is 1.00. The maximum absolute atomic E-state index is 8.52. The van der Waals surface area contributed by atoms with Gasteiger partial charge in [0.15, 0.2) is 0 Å². The van der Waals surface area contributed by atoms with Crippen LogP contribution in [0.3, 0.4) is 0 Å². The molecule has 0 heterocycles. The molecule has 1 N–H and O–H groups in total. The smallest absolute Gasteiger partial charge is 0.0443 e. The van der Waals surface area contributed by atoms with Crippen LogP contribution in [0.5, 0.6) is 0 Å². The highest BCUT2D eigenvalue weighted by Crippen LogP contribution is 1.91. The average molecular weight is 166 g/mol. The van der Waals surface area contributed by atoms with Gasteiger partial charge in [-0.3, -0.25) is 0 Å². The van der Waals surface area contributed by atoms with Crippen LogP contribution >= 0.6 is 11.6 Å². The van der Waals surface area contributed by atoms with Crippen LogP contribution in [0.2, 0.25) is 0 Å². The van der Waals surface area contributed by atoms with Gasteiger partial charge in [0.05, 0.1) is 0 Å². The Balaban J connectivity index is 3.21. The molecule has 0 atom stereocenters. The highest BCUT2D eigenvalue weighted by Gasteiger charge is 1.98. The number of rotatable bonds is 6. The predicted octanol–water partition coefficient (Wildman–Crippen LogP) is 0.929. The van der Waals surface area contributed by atoms with Crippen molar-refractivity contribution >= 4 is 11.6 Å². The fourth-order valence-corrected chi connectivity index (χ4v) is 1.08. The Hall–Kier alpha value is 0.210. The molecule has 0 aromatic rings.